The number of nitrogens with zero attached hydrogens (tertiary/aromatic N) is 1. The molecule has 2 aromatic rings. The van der Waals surface area contributed by atoms with E-state index in [4.69, 9.17) is 9.15 Å². The van der Waals surface area contributed by atoms with E-state index in [1.54, 1.807) is 23.5 Å². The number of furan rings is 1. The van der Waals surface area contributed by atoms with Gasteiger partial charge in [-0.3, -0.25) is 9.69 Å². The smallest absolute Gasteiger partial charge is 0.287 e. The average Bonchev–Trinajstić information content (AvgIpc) is 3.20. The third kappa shape index (κ3) is 4.81. The van der Waals surface area contributed by atoms with Crippen LogP contribution in [-0.2, 0) is 4.74 Å². The fourth-order valence-electron chi connectivity index (χ4n) is 2.49. The van der Waals surface area contributed by atoms with E-state index < -0.39 is 0 Å². The lowest BCUT2D eigenvalue weighted by molar-refractivity contribution is -0.0000171. The molecule has 2 aromatic heterocycles. The first kappa shape index (κ1) is 18.5. The van der Waals surface area contributed by atoms with E-state index in [2.05, 4.69) is 37.6 Å². The summed E-state index contributed by atoms with van der Waals surface area (Å²) in [7, 11) is 0. The van der Waals surface area contributed by atoms with Crippen molar-refractivity contribution in [2.45, 2.75) is 6.04 Å². The van der Waals surface area contributed by atoms with Crippen LogP contribution in [-0.4, -0.2) is 43.7 Å². The van der Waals surface area contributed by atoms with Crippen molar-refractivity contribution in [3.05, 3.63) is 45.0 Å². The first-order valence-electron chi connectivity index (χ1n) is 7.13. The number of halogens is 2. The molecule has 1 unspecified atom stereocenters. The summed E-state index contributed by atoms with van der Waals surface area (Å²) in [6.07, 6.45) is 0. The molecule has 23 heavy (non-hydrogen) atoms. The summed E-state index contributed by atoms with van der Waals surface area (Å²) in [6.45, 7) is 3.79. The number of carbonyl (C=O) groups is 1. The van der Waals surface area contributed by atoms with Crippen LogP contribution in [0, 0.1) is 0 Å². The third-order valence-electron chi connectivity index (χ3n) is 3.61. The largest absolute Gasteiger partial charge is 1.00 e. The molecule has 5 nitrogen and oxygen atoms in total. The molecule has 1 aliphatic rings. The summed E-state index contributed by atoms with van der Waals surface area (Å²) in [5, 5.41) is 5.03. The average molecular weight is 421 g/mol. The molecule has 8 heteroatoms. The van der Waals surface area contributed by atoms with E-state index in [0.717, 1.165) is 26.3 Å². The molecule has 3 heterocycles. The monoisotopic (exact) mass is 419 g/mol. The molecular weight excluding hydrogens is 404 g/mol. The number of rotatable bonds is 5. The van der Waals surface area contributed by atoms with Crippen molar-refractivity contribution in [1.29, 1.82) is 0 Å². The molecule has 0 radical (unpaired) electrons. The Morgan fingerprint density at radius 1 is 1.35 bits per heavy atom. The normalized spacial score (nSPS) is 16.6. The maximum Gasteiger partial charge on any atom is 0.287 e. The van der Waals surface area contributed by atoms with Crippen LogP contribution in [0.2, 0.25) is 0 Å². The lowest BCUT2D eigenvalue weighted by atomic mass is 10.2. The summed E-state index contributed by atoms with van der Waals surface area (Å²) in [5.74, 6) is 0.124. The second kappa shape index (κ2) is 8.84. The van der Waals surface area contributed by atoms with Gasteiger partial charge in [-0.05, 0) is 39.5 Å². The Bertz CT molecular complexity index is 614. The van der Waals surface area contributed by atoms with Crippen molar-refractivity contribution in [1.82, 2.24) is 10.2 Å². The van der Waals surface area contributed by atoms with Gasteiger partial charge in [0.1, 0.15) is 0 Å². The van der Waals surface area contributed by atoms with Gasteiger partial charge in [-0.15, -0.1) is 11.3 Å². The highest BCUT2D eigenvalue weighted by atomic mass is 79.9. The van der Waals surface area contributed by atoms with Gasteiger partial charge in [-0.2, -0.15) is 0 Å². The Hall–Kier alpha value is -0.860. The van der Waals surface area contributed by atoms with Gasteiger partial charge in [0.05, 0.1) is 19.3 Å². The Balaban J connectivity index is 0.00000192. The molecule has 0 bridgehead atoms. The van der Waals surface area contributed by atoms with E-state index in [9.17, 15) is 4.79 Å². The van der Waals surface area contributed by atoms with Crippen LogP contribution in [0.5, 0.6) is 0 Å². The molecule has 3 rings (SSSR count). The zero-order chi connectivity index (χ0) is 15.4. The first-order valence-corrected chi connectivity index (χ1v) is 8.80. The molecule has 1 N–H and O–H groups in total. The van der Waals surface area contributed by atoms with Gasteiger partial charge in [0.15, 0.2) is 10.4 Å². The lowest BCUT2D eigenvalue weighted by Crippen LogP contribution is -3.00. The number of amides is 1. The van der Waals surface area contributed by atoms with Gasteiger partial charge < -0.3 is 26.9 Å². The Morgan fingerprint density at radius 2 is 2.13 bits per heavy atom. The third-order valence-corrected chi connectivity index (χ3v) is 5.01. The second-order valence-electron chi connectivity index (χ2n) is 4.99. The minimum absolute atomic E-state index is 0. The van der Waals surface area contributed by atoms with E-state index in [1.165, 1.54) is 4.88 Å². The van der Waals surface area contributed by atoms with Gasteiger partial charge in [0, 0.05) is 24.5 Å². The highest BCUT2D eigenvalue weighted by molar-refractivity contribution is 9.10. The molecule has 1 aliphatic heterocycles. The number of hydrogen-bond acceptors (Lipinski definition) is 5. The molecule has 0 spiro atoms. The first-order chi connectivity index (χ1) is 10.7. The minimum Gasteiger partial charge on any atom is -1.00 e. The summed E-state index contributed by atoms with van der Waals surface area (Å²) in [4.78, 5) is 15.8. The number of morpholine rings is 1. The topological polar surface area (TPSA) is 54.7 Å². The summed E-state index contributed by atoms with van der Waals surface area (Å²) in [6, 6.07) is 7.70. The number of thiophene rings is 1. The molecule has 0 saturated carbocycles. The highest BCUT2D eigenvalue weighted by Crippen LogP contribution is 2.25. The van der Waals surface area contributed by atoms with Crippen molar-refractivity contribution in [3.63, 3.8) is 0 Å². The molecule has 1 saturated heterocycles. The van der Waals surface area contributed by atoms with Crippen LogP contribution >= 0.6 is 27.3 Å². The number of hydrogen-bond donors (Lipinski definition) is 1. The number of ether oxygens (including phenoxy) is 1. The van der Waals surface area contributed by atoms with E-state index in [-0.39, 0.29) is 24.4 Å². The van der Waals surface area contributed by atoms with Crippen molar-refractivity contribution < 1.29 is 26.4 Å². The maximum atomic E-state index is 12.1. The van der Waals surface area contributed by atoms with Crippen molar-refractivity contribution >= 4 is 33.2 Å². The van der Waals surface area contributed by atoms with Gasteiger partial charge in [0.2, 0.25) is 0 Å². The highest BCUT2D eigenvalue weighted by Gasteiger charge is 2.24. The minimum atomic E-state index is -0.194. The predicted molar refractivity (Wildman–Crippen MR) is 88.2 cm³/mol. The zero-order valence-corrected chi connectivity index (χ0v) is 15.5. The van der Waals surface area contributed by atoms with E-state index in [1.807, 2.05) is 6.07 Å². The zero-order valence-electron chi connectivity index (χ0n) is 12.3. The summed E-state index contributed by atoms with van der Waals surface area (Å²) >= 11 is 4.92. The van der Waals surface area contributed by atoms with Crippen LogP contribution in [0.3, 0.4) is 0 Å². The number of carbonyl (C=O) groups excluding carboxylic acids is 1. The fourth-order valence-corrected chi connectivity index (χ4v) is 3.66. The summed E-state index contributed by atoms with van der Waals surface area (Å²) in [5.41, 5.74) is 0. The van der Waals surface area contributed by atoms with Gasteiger partial charge >= 0.3 is 0 Å². The van der Waals surface area contributed by atoms with E-state index >= 15 is 0 Å². The molecule has 1 amide bonds. The Kier molecular flexibility index (Phi) is 7.10. The molecular formula is C15H17BrClN2O3S-. The Morgan fingerprint density at radius 3 is 2.74 bits per heavy atom. The standard InChI is InChI=1S/C15H17BrN2O3S.ClH/c16-14-4-3-12(21-14)15(19)17-10-11(13-2-1-9-22-13)18-5-7-20-8-6-18;/h1-4,9,11H,5-8,10H2,(H,17,19);1H/p-1. The SMILES string of the molecule is O=C(NCC(c1cccs1)N1CCOCC1)c1ccc(Br)o1.[Cl-]. The molecule has 1 atom stereocenters. The van der Waals surface area contributed by atoms with Crippen LogP contribution in [0.15, 0.2) is 38.7 Å². The van der Waals surface area contributed by atoms with Gasteiger partial charge in [-0.1, -0.05) is 6.07 Å². The second-order valence-corrected chi connectivity index (χ2v) is 6.75. The fraction of sp³-hybridized carbons (Fsp3) is 0.400. The van der Waals surface area contributed by atoms with Gasteiger partial charge in [-0.25, -0.2) is 0 Å². The van der Waals surface area contributed by atoms with E-state index in [0.29, 0.717) is 17.0 Å². The summed E-state index contributed by atoms with van der Waals surface area (Å²) < 4.78 is 11.3. The lowest BCUT2D eigenvalue weighted by Gasteiger charge is -2.34. The van der Waals surface area contributed by atoms with Gasteiger partial charge in [0.25, 0.3) is 5.91 Å². The van der Waals surface area contributed by atoms with Crippen molar-refractivity contribution in [2.75, 3.05) is 32.8 Å². The van der Waals surface area contributed by atoms with Crippen LogP contribution in [0.4, 0.5) is 0 Å². The van der Waals surface area contributed by atoms with Crippen LogP contribution in [0.25, 0.3) is 0 Å². The molecule has 1 fully saturated rings. The van der Waals surface area contributed by atoms with Crippen molar-refractivity contribution in [2.24, 2.45) is 0 Å². The molecule has 0 aliphatic carbocycles. The Labute approximate surface area is 153 Å². The van der Waals surface area contributed by atoms with Crippen LogP contribution < -0.4 is 17.7 Å². The molecule has 126 valence electrons. The maximum absolute atomic E-state index is 12.1. The number of nitrogens with one attached hydrogen (secondary N) is 1. The quantitative estimate of drug-likeness (QED) is 0.735. The molecule has 0 aromatic carbocycles. The predicted octanol–water partition coefficient (Wildman–Crippen LogP) is -0.0891. The van der Waals surface area contributed by atoms with Crippen molar-refractivity contribution in [3.8, 4) is 0 Å². The van der Waals surface area contributed by atoms with Crippen LogP contribution in [0.1, 0.15) is 21.5 Å².